The Morgan fingerprint density at radius 2 is 2.08 bits per heavy atom. The fourth-order valence-corrected chi connectivity index (χ4v) is 1.41. The molecule has 0 spiro atoms. The lowest BCUT2D eigenvalue weighted by Gasteiger charge is -2.20. The zero-order valence-electron chi connectivity index (χ0n) is 7.96. The largest absolute Gasteiger partial charge is 0.384 e. The Morgan fingerprint density at radius 3 is 2.33 bits per heavy atom. The van der Waals surface area contributed by atoms with Gasteiger partial charge in [0.15, 0.2) is 0 Å². The van der Waals surface area contributed by atoms with Gasteiger partial charge in [0.05, 0.1) is 5.54 Å². The van der Waals surface area contributed by atoms with Crippen LogP contribution < -0.4 is 5.73 Å². The quantitative estimate of drug-likeness (QED) is 0.680. The molecule has 0 aromatic carbocycles. The van der Waals surface area contributed by atoms with Gasteiger partial charge in [0, 0.05) is 6.07 Å². The van der Waals surface area contributed by atoms with Crippen molar-refractivity contribution in [1.82, 2.24) is 9.78 Å². The van der Waals surface area contributed by atoms with Gasteiger partial charge >= 0.3 is 0 Å². The molecule has 0 aliphatic rings. The highest BCUT2D eigenvalue weighted by Crippen LogP contribution is 2.22. The van der Waals surface area contributed by atoms with E-state index in [1.54, 1.807) is 11.8 Å². The number of hydrogen-bond donors (Lipinski definition) is 1. The first-order chi connectivity index (χ1) is 5.45. The summed E-state index contributed by atoms with van der Waals surface area (Å²) < 4.78 is 1.85. The van der Waals surface area contributed by atoms with Crippen LogP contribution in [0.4, 0.5) is 5.82 Å². The van der Waals surface area contributed by atoms with Crippen molar-refractivity contribution in [1.29, 1.82) is 0 Å². The van der Waals surface area contributed by atoms with Crippen molar-refractivity contribution in [2.45, 2.75) is 31.3 Å². The maximum Gasteiger partial charge on any atom is 0.123 e. The van der Waals surface area contributed by atoms with Gasteiger partial charge in [0.2, 0.25) is 0 Å². The number of rotatable bonds is 1. The minimum absolute atomic E-state index is 0.0297. The lowest BCUT2D eigenvalue weighted by molar-refractivity contribution is 0.356. The summed E-state index contributed by atoms with van der Waals surface area (Å²) in [5, 5.41) is 5.33. The highest BCUT2D eigenvalue weighted by atomic mass is 32.2. The molecular weight excluding hydrogens is 170 g/mol. The van der Waals surface area contributed by atoms with Crippen LogP contribution in [0.1, 0.15) is 20.8 Å². The van der Waals surface area contributed by atoms with Gasteiger partial charge in [0.25, 0.3) is 0 Å². The van der Waals surface area contributed by atoms with Crippen LogP contribution in [0.3, 0.4) is 0 Å². The molecule has 0 fully saturated rings. The van der Waals surface area contributed by atoms with Crippen LogP contribution >= 0.6 is 11.8 Å². The van der Waals surface area contributed by atoms with E-state index in [4.69, 9.17) is 5.73 Å². The maximum atomic E-state index is 5.79. The Hall–Kier alpha value is -0.640. The van der Waals surface area contributed by atoms with E-state index < -0.39 is 0 Å². The molecule has 0 atom stereocenters. The molecule has 68 valence electrons. The highest BCUT2D eigenvalue weighted by molar-refractivity contribution is 7.98. The molecule has 12 heavy (non-hydrogen) atoms. The van der Waals surface area contributed by atoms with Crippen LogP contribution in [0.2, 0.25) is 0 Å². The van der Waals surface area contributed by atoms with Gasteiger partial charge in [-0.1, -0.05) is 0 Å². The number of nitrogens with zero attached hydrogens (tertiary/aromatic N) is 2. The van der Waals surface area contributed by atoms with Crippen LogP contribution in [-0.2, 0) is 5.54 Å². The van der Waals surface area contributed by atoms with E-state index in [-0.39, 0.29) is 5.54 Å². The second kappa shape index (κ2) is 3.01. The van der Waals surface area contributed by atoms with E-state index in [0.717, 1.165) is 10.8 Å². The SMILES string of the molecule is CSc1cc(N)n(C(C)(C)C)n1. The molecule has 0 saturated heterocycles. The van der Waals surface area contributed by atoms with Crippen molar-refractivity contribution in [3.8, 4) is 0 Å². The minimum Gasteiger partial charge on any atom is -0.384 e. The number of nitrogens with two attached hydrogens (primary N) is 1. The van der Waals surface area contributed by atoms with Crippen molar-refractivity contribution in [3.05, 3.63) is 6.07 Å². The maximum absolute atomic E-state index is 5.79. The van der Waals surface area contributed by atoms with E-state index in [1.165, 1.54) is 0 Å². The molecule has 0 saturated carbocycles. The third-order valence-electron chi connectivity index (χ3n) is 1.56. The van der Waals surface area contributed by atoms with Gasteiger partial charge in [-0.2, -0.15) is 5.10 Å². The summed E-state index contributed by atoms with van der Waals surface area (Å²) in [6.07, 6.45) is 1.99. The second-order valence-corrected chi connectivity index (χ2v) is 4.52. The number of thioether (sulfide) groups is 1. The predicted molar refractivity (Wildman–Crippen MR) is 53.4 cm³/mol. The van der Waals surface area contributed by atoms with Gasteiger partial charge < -0.3 is 5.73 Å². The molecule has 0 aliphatic carbocycles. The van der Waals surface area contributed by atoms with Crippen LogP contribution in [-0.4, -0.2) is 16.0 Å². The summed E-state index contributed by atoms with van der Waals surface area (Å²) in [6.45, 7) is 6.25. The Bertz CT molecular complexity index is 272. The zero-order valence-corrected chi connectivity index (χ0v) is 8.77. The normalized spacial score (nSPS) is 12.0. The summed E-state index contributed by atoms with van der Waals surface area (Å²) in [6, 6.07) is 1.90. The summed E-state index contributed by atoms with van der Waals surface area (Å²) in [5.41, 5.74) is 5.76. The van der Waals surface area contributed by atoms with E-state index in [2.05, 4.69) is 25.9 Å². The molecular formula is C8H15N3S. The average molecular weight is 185 g/mol. The van der Waals surface area contributed by atoms with Crippen molar-refractivity contribution in [2.75, 3.05) is 12.0 Å². The van der Waals surface area contributed by atoms with Gasteiger partial charge in [-0.3, -0.25) is 0 Å². The standard InChI is InChI=1S/C8H15N3S/c1-8(2,3)11-6(9)5-7(10-11)12-4/h5H,9H2,1-4H3. The summed E-state index contributed by atoms with van der Waals surface area (Å²) in [7, 11) is 0. The molecule has 0 bridgehead atoms. The highest BCUT2D eigenvalue weighted by Gasteiger charge is 2.17. The number of aromatic nitrogens is 2. The zero-order chi connectivity index (χ0) is 9.35. The van der Waals surface area contributed by atoms with Crippen molar-refractivity contribution >= 4 is 17.6 Å². The number of nitrogen functional groups attached to an aromatic ring is 1. The molecule has 2 N–H and O–H groups in total. The van der Waals surface area contributed by atoms with Gasteiger partial charge in [0.1, 0.15) is 10.8 Å². The third kappa shape index (κ3) is 1.75. The molecule has 1 aromatic heterocycles. The average Bonchev–Trinajstić information content (AvgIpc) is 2.29. The topological polar surface area (TPSA) is 43.8 Å². The lowest BCUT2D eigenvalue weighted by atomic mass is 10.1. The fraction of sp³-hybridized carbons (Fsp3) is 0.625. The second-order valence-electron chi connectivity index (χ2n) is 3.69. The summed E-state index contributed by atoms with van der Waals surface area (Å²) >= 11 is 1.61. The number of anilines is 1. The first-order valence-electron chi connectivity index (χ1n) is 3.85. The van der Waals surface area contributed by atoms with Gasteiger partial charge in [-0.05, 0) is 27.0 Å². The monoisotopic (exact) mass is 185 g/mol. The molecule has 0 unspecified atom stereocenters. The lowest BCUT2D eigenvalue weighted by Crippen LogP contribution is -2.24. The van der Waals surface area contributed by atoms with Crippen molar-refractivity contribution in [3.63, 3.8) is 0 Å². The number of hydrogen-bond acceptors (Lipinski definition) is 3. The van der Waals surface area contributed by atoms with Gasteiger partial charge in [-0.25, -0.2) is 4.68 Å². The summed E-state index contributed by atoms with van der Waals surface area (Å²) in [5.74, 6) is 0.729. The smallest absolute Gasteiger partial charge is 0.123 e. The van der Waals surface area contributed by atoms with Crippen molar-refractivity contribution in [2.24, 2.45) is 0 Å². The molecule has 0 amide bonds. The first kappa shape index (κ1) is 9.45. The first-order valence-corrected chi connectivity index (χ1v) is 5.07. The van der Waals surface area contributed by atoms with Crippen LogP contribution in [0.15, 0.2) is 11.1 Å². The fourth-order valence-electron chi connectivity index (χ4n) is 1.01. The molecule has 0 aliphatic heterocycles. The molecule has 0 radical (unpaired) electrons. The van der Waals surface area contributed by atoms with Crippen LogP contribution in [0, 0.1) is 0 Å². The minimum atomic E-state index is -0.0297. The molecule has 3 nitrogen and oxygen atoms in total. The molecule has 1 aromatic rings. The molecule has 1 rings (SSSR count). The van der Waals surface area contributed by atoms with Crippen LogP contribution in [0.5, 0.6) is 0 Å². The van der Waals surface area contributed by atoms with E-state index in [0.29, 0.717) is 0 Å². The summed E-state index contributed by atoms with van der Waals surface area (Å²) in [4.78, 5) is 0. The molecule has 4 heteroatoms. The Kier molecular flexibility index (Phi) is 2.37. The van der Waals surface area contributed by atoms with E-state index in [9.17, 15) is 0 Å². The van der Waals surface area contributed by atoms with E-state index >= 15 is 0 Å². The van der Waals surface area contributed by atoms with Gasteiger partial charge in [-0.15, -0.1) is 11.8 Å². The third-order valence-corrected chi connectivity index (χ3v) is 2.18. The van der Waals surface area contributed by atoms with Crippen molar-refractivity contribution < 1.29 is 0 Å². The molecule has 1 heterocycles. The Labute approximate surface area is 77.3 Å². The Morgan fingerprint density at radius 1 is 1.50 bits per heavy atom. The van der Waals surface area contributed by atoms with Crippen LogP contribution in [0.25, 0.3) is 0 Å². The van der Waals surface area contributed by atoms with E-state index in [1.807, 2.05) is 17.0 Å². The Balaban J connectivity index is 3.08. The predicted octanol–water partition coefficient (Wildman–Crippen LogP) is 1.94.